The van der Waals surface area contributed by atoms with Gasteiger partial charge in [0.25, 0.3) is 5.56 Å². The van der Waals surface area contributed by atoms with Crippen molar-refractivity contribution in [2.24, 2.45) is 0 Å². The zero-order valence-electron chi connectivity index (χ0n) is 10.5. The number of methoxy groups -OCH3 is 2. The first-order valence-electron chi connectivity index (χ1n) is 5.44. The van der Waals surface area contributed by atoms with E-state index in [-0.39, 0.29) is 17.3 Å². The van der Waals surface area contributed by atoms with E-state index in [4.69, 9.17) is 21.1 Å². The minimum Gasteiger partial charge on any atom is -0.493 e. The van der Waals surface area contributed by atoms with Crippen LogP contribution in [-0.4, -0.2) is 28.8 Å². The second-order valence-corrected chi connectivity index (χ2v) is 4.00. The molecule has 0 amide bonds. The number of aromatic nitrogens is 3. The maximum Gasteiger partial charge on any atom is 0.288 e. The Morgan fingerprint density at radius 2 is 2.05 bits per heavy atom. The first kappa shape index (κ1) is 13.4. The van der Waals surface area contributed by atoms with Crippen LogP contribution in [0, 0.1) is 0 Å². The predicted octanol–water partition coefficient (Wildman–Crippen LogP) is 1.36. The summed E-state index contributed by atoms with van der Waals surface area (Å²) in [6.45, 7) is 0.224. The Labute approximate surface area is 114 Å². The minimum atomic E-state index is -0.379. The van der Waals surface area contributed by atoms with Gasteiger partial charge in [0, 0.05) is 24.7 Å². The Bertz CT molecular complexity index is 642. The van der Waals surface area contributed by atoms with E-state index in [1.807, 2.05) is 0 Å². The Morgan fingerprint density at radius 1 is 1.26 bits per heavy atom. The molecule has 19 heavy (non-hydrogen) atoms. The van der Waals surface area contributed by atoms with Gasteiger partial charge in [-0.05, 0) is 0 Å². The fourth-order valence-electron chi connectivity index (χ4n) is 1.67. The number of hydrogen-bond donors (Lipinski definition) is 0. The normalized spacial score (nSPS) is 10.3. The fourth-order valence-corrected chi connectivity index (χ4v) is 1.83. The average molecular weight is 282 g/mol. The van der Waals surface area contributed by atoms with Crippen molar-refractivity contribution >= 4 is 11.6 Å². The van der Waals surface area contributed by atoms with Gasteiger partial charge >= 0.3 is 0 Å². The summed E-state index contributed by atoms with van der Waals surface area (Å²) in [6.07, 6.45) is 4.58. The molecule has 0 aliphatic heterocycles. The third-order valence-corrected chi connectivity index (χ3v) is 2.82. The number of nitrogens with zero attached hydrogens (tertiary/aromatic N) is 3. The molecule has 0 saturated carbocycles. The molecule has 100 valence electrons. The topological polar surface area (TPSA) is 66.2 Å². The maximum absolute atomic E-state index is 11.8. The minimum absolute atomic E-state index is 0.0793. The van der Waals surface area contributed by atoms with Crippen LogP contribution in [0.25, 0.3) is 0 Å². The molecule has 2 aromatic heterocycles. The molecule has 0 atom stereocenters. The van der Waals surface area contributed by atoms with Crippen LogP contribution in [-0.2, 0) is 6.54 Å². The monoisotopic (exact) mass is 281 g/mol. The number of rotatable bonds is 4. The van der Waals surface area contributed by atoms with Crippen molar-refractivity contribution in [2.45, 2.75) is 6.54 Å². The standard InChI is InChI=1S/C12H12ClN3O3/c1-18-9-3-4-14-8(10(9)19-2)7-16-6-5-15-11(13)12(16)17/h3-6H,7H2,1-2H3. The van der Waals surface area contributed by atoms with Crippen LogP contribution in [0.3, 0.4) is 0 Å². The van der Waals surface area contributed by atoms with E-state index in [1.54, 1.807) is 12.3 Å². The highest BCUT2D eigenvalue weighted by molar-refractivity contribution is 6.29. The van der Waals surface area contributed by atoms with Crippen molar-refractivity contribution in [3.05, 3.63) is 45.9 Å². The van der Waals surface area contributed by atoms with Gasteiger partial charge in [-0.2, -0.15) is 0 Å². The molecule has 0 N–H and O–H groups in total. The third kappa shape index (κ3) is 2.68. The molecule has 6 nitrogen and oxygen atoms in total. The third-order valence-electron chi connectivity index (χ3n) is 2.56. The highest BCUT2D eigenvalue weighted by Crippen LogP contribution is 2.29. The Kier molecular flexibility index (Phi) is 4.01. The summed E-state index contributed by atoms with van der Waals surface area (Å²) in [4.78, 5) is 19.7. The van der Waals surface area contributed by atoms with Gasteiger partial charge in [-0.25, -0.2) is 4.98 Å². The first-order valence-corrected chi connectivity index (χ1v) is 5.82. The van der Waals surface area contributed by atoms with E-state index >= 15 is 0 Å². The molecule has 0 unspecified atom stereocenters. The largest absolute Gasteiger partial charge is 0.493 e. The lowest BCUT2D eigenvalue weighted by Crippen LogP contribution is -2.22. The summed E-state index contributed by atoms with van der Waals surface area (Å²) in [7, 11) is 3.06. The van der Waals surface area contributed by atoms with Crippen LogP contribution < -0.4 is 15.0 Å². The smallest absolute Gasteiger partial charge is 0.288 e. The molecular weight excluding hydrogens is 270 g/mol. The first-order chi connectivity index (χ1) is 9.17. The van der Waals surface area contributed by atoms with Gasteiger partial charge in [0.15, 0.2) is 16.7 Å². The maximum atomic E-state index is 11.8. The van der Waals surface area contributed by atoms with E-state index in [0.717, 1.165) is 0 Å². The SMILES string of the molecule is COc1ccnc(Cn2ccnc(Cl)c2=O)c1OC. The Morgan fingerprint density at radius 3 is 2.74 bits per heavy atom. The molecule has 0 bridgehead atoms. The van der Waals surface area contributed by atoms with Gasteiger partial charge < -0.3 is 14.0 Å². The molecular formula is C12H12ClN3O3. The van der Waals surface area contributed by atoms with E-state index < -0.39 is 0 Å². The van der Waals surface area contributed by atoms with E-state index in [0.29, 0.717) is 17.2 Å². The number of hydrogen-bond acceptors (Lipinski definition) is 5. The van der Waals surface area contributed by atoms with Crippen molar-refractivity contribution in [3.8, 4) is 11.5 Å². The molecule has 0 aliphatic rings. The fraction of sp³-hybridized carbons (Fsp3) is 0.250. The lowest BCUT2D eigenvalue weighted by atomic mass is 10.3. The second kappa shape index (κ2) is 5.71. The van der Waals surface area contributed by atoms with Crippen LogP contribution in [0.5, 0.6) is 11.5 Å². The Balaban J connectivity index is 2.44. The molecule has 2 aromatic rings. The summed E-state index contributed by atoms with van der Waals surface area (Å²) in [5, 5.41) is -0.0793. The van der Waals surface area contributed by atoms with Crippen molar-refractivity contribution in [1.29, 1.82) is 0 Å². The van der Waals surface area contributed by atoms with Gasteiger partial charge in [-0.3, -0.25) is 9.78 Å². The molecule has 2 rings (SSSR count). The molecule has 0 spiro atoms. The molecule has 0 aliphatic carbocycles. The highest BCUT2D eigenvalue weighted by Gasteiger charge is 2.12. The van der Waals surface area contributed by atoms with Crippen LogP contribution in [0.2, 0.25) is 5.15 Å². The predicted molar refractivity (Wildman–Crippen MR) is 70.0 cm³/mol. The molecule has 7 heteroatoms. The van der Waals surface area contributed by atoms with E-state index in [2.05, 4.69) is 9.97 Å². The number of pyridine rings is 1. The van der Waals surface area contributed by atoms with Gasteiger partial charge in [0.05, 0.1) is 20.8 Å². The lowest BCUT2D eigenvalue weighted by molar-refractivity contribution is 0.348. The Hall–Kier alpha value is -2.08. The van der Waals surface area contributed by atoms with Crippen LogP contribution in [0.15, 0.2) is 29.5 Å². The zero-order chi connectivity index (χ0) is 13.8. The second-order valence-electron chi connectivity index (χ2n) is 3.64. The summed E-state index contributed by atoms with van der Waals surface area (Å²) >= 11 is 5.69. The zero-order valence-corrected chi connectivity index (χ0v) is 11.2. The summed E-state index contributed by atoms with van der Waals surface area (Å²) < 4.78 is 11.8. The lowest BCUT2D eigenvalue weighted by Gasteiger charge is -2.12. The average Bonchev–Trinajstić information content (AvgIpc) is 2.43. The molecule has 0 saturated heterocycles. The quantitative estimate of drug-likeness (QED) is 0.846. The summed E-state index contributed by atoms with van der Waals surface area (Å²) in [5.74, 6) is 1.05. The summed E-state index contributed by atoms with van der Waals surface area (Å²) in [6, 6.07) is 1.69. The molecule has 0 aromatic carbocycles. The van der Waals surface area contributed by atoms with Crippen molar-refractivity contribution in [3.63, 3.8) is 0 Å². The van der Waals surface area contributed by atoms with Gasteiger partial charge in [0.1, 0.15) is 5.69 Å². The molecule has 0 fully saturated rings. The summed E-state index contributed by atoms with van der Waals surface area (Å²) in [5.41, 5.74) is 0.196. The van der Waals surface area contributed by atoms with Gasteiger partial charge in [-0.1, -0.05) is 11.6 Å². The van der Waals surface area contributed by atoms with Crippen molar-refractivity contribution in [1.82, 2.24) is 14.5 Å². The van der Waals surface area contributed by atoms with Crippen molar-refractivity contribution < 1.29 is 9.47 Å². The van der Waals surface area contributed by atoms with Gasteiger partial charge in [0.2, 0.25) is 0 Å². The van der Waals surface area contributed by atoms with Crippen LogP contribution in [0.4, 0.5) is 0 Å². The van der Waals surface area contributed by atoms with Crippen LogP contribution in [0.1, 0.15) is 5.69 Å². The molecule has 2 heterocycles. The van der Waals surface area contributed by atoms with Crippen LogP contribution >= 0.6 is 11.6 Å². The van der Waals surface area contributed by atoms with E-state index in [1.165, 1.54) is 31.2 Å². The number of halogens is 1. The highest BCUT2D eigenvalue weighted by atomic mass is 35.5. The van der Waals surface area contributed by atoms with Crippen molar-refractivity contribution in [2.75, 3.05) is 14.2 Å². The number of ether oxygens (including phenoxy) is 2. The van der Waals surface area contributed by atoms with E-state index in [9.17, 15) is 4.79 Å². The molecule has 0 radical (unpaired) electrons. The van der Waals surface area contributed by atoms with Gasteiger partial charge in [-0.15, -0.1) is 0 Å².